The molecule has 4 bridgehead atoms. The predicted octanol–water partition coefficient (Wildman–Crippen LogP) is 1.70. The van der Waals surface area contributed by atoms with Gasteiger partial charge >= 0.3 is 0 Å². The molecule has 3 heteroatoms. The fraction of sp³-hybridized carbons (Fsp3) is 1.00. The van der Waals surface area contributed by atoms with Crippen LogP contribution in [-0.4, -0.2) is 32.1 Å². The molecule has 0 radical (unpaired) electrons. The quantitative estimate of drug-likeness (QED) is 0.667. The second kappa shape index (κ2) is 3.13. The van der Waals surface area contributed by atoms with Crippen molar-refractivity contribution in [2.75, 3.05) is 0 Å². The highest BCUT2D eigenvalue weighted by Gasteiger charge is 2.84. The highest BCUT2D eigenvalue weighted by Crippen LogP contribution is 2.77. The van der Waals surface area contributed by atoms with E-state index in [-0.39, 0.29) is 17.3 Å². The summed E-state index contributed by atoms with van der Waals surface area (Å²) >= 11 is 0. The Bertz CT molecular complexity index is 384. The lowest BCUT2D eigenvalue weighted by Crippen LogP contribution is -2.89. The van der Waals surface area contributed by atoms with E-state index in [0.717, 1.165) is 19.3 Å². The summed E-state index contributed by atoms with van der Waals surface area (Å²) in [4.78, 5) is 0. The summed E-state index contributed by atoms with van der Waals surface area (Å²) in [5.74, 6) is 0.345. The maximum Gasteiger partial charge on any atom is 0.103 e. The van der Waals surface area contributed by atoms with E-state index in [4.69, 9.17) is 0 Å². The third-order valence-corrected chi connectivity index (χ3v) is 6.63. The Hall–Kier alpha value is -0.120. The standard InChI is InChI=1S/C15H26O3/c1-9-5-8-14(17)13(4)7-6-10(12(2,3)16)15(14,18)11(9)13/h9-11,16-18H,5-8H2,1-4H3/t9-,10+,11-,13-,14-,15-/m1/s1. The topological polar surface area (TPSA) is 60.7 Å². The minimum Gasteiger partial charge on any atom is -0.390 e. The smallest absolute Gasteiger partial charge is 0.103 e. The average Bonchev–Trinajstić information content (AvgIpc) is 2.21. The fourth-order valence-electron chi connectivity index (χ4n) is 5.95. The molecule has 0 aromatic heterocycles. The van der Waals surface area contributed by atoms with Gasteiger partial charge in [0.15, 0.2) is 0 Å². The van der Waals surface area contributed by atoms with Crippen molar-refractivity contribution in [1.82, 2.24) is 0 Å². The van der Waals surface area contributed by atoms with Gasteiger partial charge in [-0.25, -0.2) is 0 Å². The Morgan fingerprint density at radius 3 is 2.28 bits per heavy atom. The summed E-state index contributed by atoms with van der Waals surface area (Å²) in [7, 11) is 0. The molecule has 0 amide bonds. The Kier molecular flexibility index (Phi) is 2.24. The van der Waals surface area contributed by atoms with Gasteiger partial charge < -0.3 is 15.3 Å². The summed E-state index contributed by atoms with van der Waals surface area (Å²) in [6.45, 7) is 7.84. The molecule has 6 atom stereocenters. The zero-order valence-electron chi connectivity index (χ0n) is 11.9. The largest absolute Gasteiger partial charge is 0.390 e. The first-order valence-corrected chi connectivity index (χ1v) is 7.26. The first kappa shape index (κ1) is 12.9. The maximum absolute atomic E-state index is 11.2. The van der Waals surface area contributed by atoms with Crippen LogP contribution in [0, 0.1) is 23.2 Å². The highest BCUT2D eigenvalue weighted by atomic mass is 16.4. The molecule has 0 aromatic rings. The van der Waals surface area contributed by atoms with E-state index in [1.807, 2.05) is 0 Å². The minimum absolute atomic E-state index is 0.133. The normalized spacial score (nSPS) is 59.2. The molecule has 0 aliphatic heterocycles. The van der Waals surface area contributed by atoms with Gasteiger partial charge in [0.05, 0.1) is 11.2 Å². The molecule has 4 fully saturated rings. The first-order chi connectivity index (χ1) is 8.09. The lowest BCUT2D eigenvalue weighted by molar-refractivity contribution is -0.430. The van der Waals surface area contributed by atoms with Gasteiger partial charge in [0, 0.05) is 17.3 Å². The van der Waals surface area contributed by atoms with Crippen molar-refractivity contribution >= 4 is 0 Å². The average molecular weight is 254 g/mol. The van der Waals surface area contributed by atoms with E-state index in [2.05, 4.69) is 13.8 Å². The highest BCUT2D eigenvalue weighted by molar-refractivity contribution is 5.34. The summed E-state index contributed by atoms with van der Waals surface area (Å²) < 4.78 is 0. The molecule has 4 aliphatic carbocycles. The van der Waals surface area contributed by atoms with E-state index >= 15 is 0 Å². The van der Waals surface area contributed by atoms with Gasteiger partial charge in [-0.2, -0.15) is 0 Å². The van der Waals surface area contributed by atoms with Crippen molar-refractivity contribution in [3.05, 3.63) is 0 Å². The zero-order valence-corrected chi connectivity index (χ0v) is 11.9. The van der Waals surface area contributed by atoms with Crippen molar-refractivity contribution in [2.45, 2.75) is 70.2 Å². The van der Waals surface area contributed by atoms with Gasteiger partial charge in [-0.1, -0.05) is 13.8 Å². The summed E-state index contributed by atoms with van der Waals surface area (Å²) in [6, 6.07) is 0. The third-order valence-electron chi connectivity index (χ3n) is 6.63. The Labute approximate surface area is 109 Å². The third kappa shape index (κ3) is 1.05. The number of fused-ring (bicyclic) bond motifs is 2. The number of rotatable bonds is 1. The van der Waals surface area contributed by atoms with E-state index in [0.29, 0.717) is 12.3 Å². The number of hydrogen-bond donors (Lipinski definition) is 3. The van der Waals surface area contributed by atoms with Crippen LogP contribution in [0.4, 0.5) is 0 Å². The van der Waals surface area contributed by atoms with Crippen molar-refractivity contribution < 1.29 is 15.3 Å². The molecule has 4 saturated carbocycles. The van der Waals surface area contributed by atoms with Gasteiger partial charge in [-0.05, 0) is 45.4 Å². The molecule has 4 rings (SSSR count). The van der Waals surface area contributed by atoms with Crippen LogP contribution in [0.5, 0.6) is 0 Å². The molecule has 0 heterocycles. The molecular weight excluding hydrogens is 228 g/mol. The summed E-state index contributed by atoms with van der Waals surface area (Å²) in [6.07, 6.45) is 3.37. The fourth-order valence-corrected chi connectivity index (χ4v) is 5.95. The number of aliphatic hydroxyl groups is 3. The molecule has 3 N–H and O–H groups in total. The van der Waals surface area contributed by atoms with Crippen molar-refractivity contribution in [2.24, 2.45) is 23.2 Å². The maximum atomic E-state index is 11.2. The van der Waals surface area contributed by atoms with Gasteiger partial charge in [0.25, 0.3) is 0 Å². The number of hydrogen-bond acceptors (Lipinski definition) is 3. The zero-order chi connectivity index (χ0) is 13.6. The Morgan fingerprint density at radius 1 is 1.11 bits per heavy atom. The Morgan fingerprint density at radius 2 is 1.72 bits per heavy atom. The van der Waals surface area contributed by atoms with Crippen molar-refractivity contribution in [3.63, 3.8) is 0 Å². The van der Waals surface area contributed by atoms with E-state index in [9.17, 15) is 15.3 Å². The lowest BCUT2D eigenvalue weighted by atomic mass is 9.27. The van der Waals surface area contributed by atoms with Gasteiger partial charge in [-0.15, -0.1) is 0 Å². The molecule has 0 aromatic carbocycles. The van der Waals surface area contributed by atoms with Crippen molar-refractivity contribution in [3.8, 4) is 0 Å². The second-order valence-corrected chi connectivity index (χ2v) is 7.84. The van der Waals surface area contributed by atoms with Crippen LogP contribution >= 0.6 is 0 Å². The van der Waals surface area contributed by atoms with Crippen LogP contribution in [-0.2, 0) is 0 Å². The van der Waals surface area contributed by atoms with E-state index in [1.165, 1.54) is 0 Å². The predicted molar refractivity (Wildman–Crippen MR) is 68.9 cm³/mol. The monoisotopic (exact) mass is 254 g/mol. The van der Waals surface area contributed by atoms with Gasteiger partial charge in [-0.3, -0.25) is 0 Å². The van der Waals surface area contributed by atoms with E-state index in [1.54, 1.807) is 13.8 Å². The SMILES string of the molecule is C[C@@H]1CC[C@]2(O)[C@@]3(O)[C@H](C(C)(C)O)CC[C@]2(C)[C@@H]13. The molecule has 104 valence electrons. The molecule has 18 heavy (non-hydrogen) atoms. The van der Waals surface area contributed by atoms with Crippen LogP contribution in [0.2, 0.25) is 0 Å². The summed E-state index contributed by atoms with van der Waals surface area (Å²) in [5.41, 5.74) is -3.16. The lowest BCUT2D eigenvalue weighted by Gasteiger charge is -2.80. The van der Waals surface area contributed by atoms with Crippen LogP contribution in [0.1, 0.15) is 53.4 Å². The first-order valence-electron chi connectivity index (χ1n) is 7.26. The molecule has 0 saturated heterocycles. The van der Waals surface area contributed by atoms with Crippen LogP contribution in [0.15, 0.2) is 0 Å². The van der Waals surface area contributed by atoms with E-state index < -0.39 is 16.8 Å². The molecule has 4 aliphatic rings. The molecule has 3 nitrogen and oxygen atoms in total. The van der Waals surface area contributed by atoms with Crippen LogP contribution in [0.3, 0.4) is 0 Å². The summed E-state index contributed by atoms with van der Waals surface area (Å²) in [5, 5.41) is 32.6. The second-order valence-electron chi connectivity index (χ2n) is 7.84. The Balaban J connectivity index is 2.10. The minimum atomic E-state index is -1.09. The molecule has 0 unspecified atom stereocenters. The van der Waals surface area contributed by atoms with Gasteiger partial charge in [0.1, 0.15) is 5.60 Å². The van der Waals surface area contributed by atoms with Crippen LogP contribution in [0.25, 0.3) is 0 Å². The van der Waals surface area contributed by atoms with Gasteiger partial charge in [0.2, 0.25) is 0 Å². The van der Waals surface area contributed by atoms with Crippen molar-refractivity contribution in [1.29, 1.82) is 0 Å². The molecule has 0 spiro atoms. The molecular formula is C15H26O3. The van der Waals surface area contributed by atoms with Crippen LogP contribution < -0.4 is 0 Å².